The summed E-state index contributed by atoms with van der Waals surface area (Å²) in [5.41, 5.74) is 1.58. The van der Waals surface area contributed by atoms with Crippen LogP contribution < -0.4 is 0 Å². The highest BCUT2D eigenvalue weighted by atomic mass is 32.2. The first-order valence-corrected chi connectivity index (χ1v) is 7.73. The highest BCUT2D eigenvalue weighted by molar-refractivity contribution is 7.90. The minimum Gasteiger partial charge on any atom is -0.478 e. The van der Waals surface area contributed by atoms with Gasteiger partial charge < -0.3 is 5.11 Å². The van der Waals surface area contributed by atoms with Gasteiger partial charge in [0.1, 0.15) is 17.1 Å². The molecule has 0 atom stereocenters. The maximum absolute atomic E-state index is 12.5. The van der Waals surface area contributed by atoms with Crippen LogP contribution in [0.4, 0.5) is 0 Å². The SMILES string of the molecule is Cc1cc(C)c(S(=O)(=O)Cc2nonc2C)cc1C(=O)O. The first kappa shape index (κ1) is 15.2. The van der Waals surface area contributed by atoms with Gasteiger partial charge in [0.05, 0.1) is 10.5 Å². The van der Waals surface area contributed by atoms with Crippen LogP contribution in [-0.4, -0.2) is 29.8 Å². The van der Waals surface area contributed by atoms with E-state index >= 15 is 0 Å². The molecule has 0 amide bonds. The molecule has 0 unspecified atom stereocenters. The molecule has 112 valence electrons. The van der Waals surface area contributed by atoms with Crippen LogP contribution in [0.15, 0.2) is 21.7 Å². The van der Waals surface area contributed by atoms with E-state index in [9.17, 15) is 13.2 Å². The highest BCUT2D eigenvalue weighted by Gasteiger charge is 2.23. The number of hydrogen-bond acceptors (Lipinski definition) is 6. The van der Waals surface area contributed by atoms with Gasteiger partial charge in [-0.3, -0.25) is 0 Å². The van der Waals surface area contributed by atoms with E-state index in [4.69, 9.17) is 5.11 Å². The largest absolute Gasteiger partial charge is 0.478 e. The number of rotatable bonds is 4. The van der Waals surface area contributed by atoms with Crippen molar-refractivity contribution >= 4 is 15.8 Å². The molecule has 1 N–H and O–H groups in total. The monoisotopic (exact) mass is 310 g/mol. The van der Waals surface area contributed by atoms with Crippen LogP contribution in [0.1, 0.15) is 32.9 Å². The van der Waals surface area contributed by atoms with Crippen molar-refractivity contribution < 1.29 is 22.9 Å². The van der Waals surface area contributed by atoms with E-state index in [0.717, 1.165) is 0 Å². The van der Waals surface area contributed by atoms with Crippen LogP contribution in [0.5, 0.6) is 0 Å². The molecule has 0 aliphatic carbocycles. The van der Waals surface area contributed by atoms with Gasteiger partial charge in [-0.15, -0.1) is 0 Å². The van der Waals surface area contributed by atoms with Crippen molar-refractivity contribution in [3.05, 3.63) is 40.2 Å². The smallest absolute Gasteiger partial charge is 0.335 e. The Morgan fingerprint density at radius 1 is 1.19 bits per heavy atom. The molecule has 0 aliphatic heterocycles. The average Bonchev–Trinajstić information content (AvgIpc) is 2.73. The van der Waals surface area contributed by atoms with Gasteiger partial charge in [0, 0.05) is 0 Å². The van der Waals surface area contributed by atoms with Gasteiger partial charge in [-0.05, 0) is 38.0 Å². The molecule has 21 heavy (non-hydrogen) atoms. The van der Waals surface area contributed by atoms with Gasteiger partial charge in [-0.1, -0.05) is 16.4 Å². The zero-order valence-corrected chi connectivity index (χ0v) is 12.6. The fourth-order valence-electron chi connectivity index (χ4n) is 2.04. The summed E-state index contributed by atoms with van der Waals surface area (Å²) in [7, 11) is -3.74. The first-order valence-electron chi connectivity index (χ1n) is 6.07. The Balaban J connectivity index is 2.52. The molecular weight excluding hydrogens is 296 g/mol. The normalized spacial score (nSPS) is 11.6. The lowest BCUT2D eigenvalue weighted by atomic mass is 10.1. The molecule has 0 fully saturated rings. The molecule has 2 rings (SSSR count). The Morgan fingerprint density at radius 2 is 1.86 bits per heavy atom. The molecule has 8 heteroatoms. The van der Waals surface area contributed by atoms with Crippen molar-refractivity contribution in [3.8, 4) is 0 Å². The number of aryl methyl sites for hydroxylation is 3. The van der Waals surface area contributed by atoms with Gasteiger partial charge >= 0.3 is 5.97 Å². The standard InChI is InChI=1S/C13H14N2O5S/c1-7-4-8(2)12(5-10(7)13(16)17)21(18,19)6-11-9(3)14-20-15-11/h4-5H,6H2,1-3H3,(H,16,17). The average molecular weight is 310 g/mol. The predicted octanol–water partition coefficient (Wildman–Crippen LogP) is 1.67. The summed E-state index contributed by atoms with van der Waals surface area (Å²) < 4.78 is 29.4. The Bertz CT molecular complexity index is 808. The summed E-state index contributed by atoms with van der Waals surface area (Å²) in [5, 5.41) is 16.2. The summed E-state index contributed by atoms with van der Waals surface area (Å²) in [6.07, 6.45) is 0. The van der Waals surface area contributed by atoms with Crippen molar-refractivity contribution in [1.82, 2.24) is 10.3 Å². The molecule has 0 saturated heterocycles. The second-order valence-electron chi connectivity index (χ2n) is 4.79. The number of aromatic carboxylic acids is 1. The molecule has 2 aromatic rings. The lowest BCUT2D eigenvalue weighted by Crippen LogP contribution is -2.11. The van der Waals surface area contributed by atoms with E-state index in [-0.39, 0.29) is 21.9 Å². The Kier molecular flexibility index (Phi) is 3.82. The molecule has 0 aliphatic rings. The van der Waals surface area contributed by atoms with E-state index in [1.165, 1.54) is 6.07 Å². The van der Waals surface area contributed by atoms with Crippen LogP contribution in [0.25, 0.3) is 0 Å². The van der Waals surface area contributed by atoms with E-state index < -0.39 is 15.8 Å². The molecular formula is C13H14N2O5S. The third kappa shape index (κ3) is 2.94. The molecule has 1 aromatic heterocycles. The number of benzene rings is 1. The van der Waals surface area contributed by atoms with Gasteiger partial charge in [-0.2, -0.15) is 0 Å². The molecule has 0 bridgehead atoms. The van der Waals surface area contributed by atoms with Crippen molar-refractivity contribution in [2.75, 3.05) is 0 Å². The summed E-state index contributed by atoms with van der Waals surface area (Å²) in [4.78, 5) is 11.1. The summed E-state index contributed by atoms with van der Waals surface area (Å²) in [6, 6.07) is 2.73. The van der Waals surface area contributed by atoms with Crippen LogP contribution >= 0.6 is 0 Å². The quantitative estimate of drug-likeness (QED) is 0.914. The minimum absolute atomic E-state index is 0.0205. The fraction of sp³-hybridized carbons (Fsp3) is 0.308. The maximum Gasteiger partial charge on any atom is 0.335 e. The number of carboxylic acid groups (broad SMARTS) is 1. The van der Waals surface area contributed by atoms with Crippen LogP contribution in [0, 0.1) is 20.8 Å². The maximum atomic E-state index is 12.5. The fourth-order valence-corrected chi connectivity index (χ4v) is 3.66. The second-order valence-corrected chi connectivity index (χ2v) is 6.75. The number of hydrogen-bond donors (Lipinski definition) is 1. The van der Waals surface area contributed by atoms with Crippen LogP contribution in [0.3, 0.4) is 0 Å². The van der Waals surface area contributed by atoms with Gasteiger partial charge in [0.25, 0.3) is 0 Å². The zero-order chi connectivity index (χ0) is 15.8. The van der Waals surface area contributed by atoms with Gasteiger partial charge in [-0.25, -0.2) is 17.8 Å². The Hall–Kier alpha value is -2.22. The van der Waals surface area contributed by atoms with E-state index in [1.54, 1.807) is 26.8 Å². The van der Waals surface area contributed by atoms with E-state index in [2.05, 4.69) is 14.9 Å². The molecule has 1 heterocycles. The second kappa shape index (κ2) is 5.28. The summed E-state index contributed by atoms with van der Waals surface area (Å²) in [5.74, 6) is -1.55. The highest BCUT2D eigenvalue weighted by Crippen LogP contribution is 2.24. The Labute approximate surface area is 121 Å². The van der Waals surface area contributed by atoms with Gasteiger partial charge in [0.15, 0.2) is 9.84 Å². The van der Waals surface area contributed by atoms with Crippen LogP contribution in [0.2, 0.25) is 0 Å². The minimum atomic E-state index is -3.74. The number of nitrogens with zero attached hydrogens (tertiary/aromatic N) is 2. The van der Waals surface area contributed by atoms with Crippen molar-refractivity contribution in [1.29, 1.82) is 0 Å². The van der Waals surface area contributed by atoms with E-state index in [0.29, 0.717) is 16.8 Å². The summed E-state index contributed by atoms with van der Waals surface area (Å²) >= 11 is 0. The number of aromatic nitrogens is 2. The predicted molar refractivity (Wildman–Crippen MR) is 72.8 cm³/mol. The molecule has 7 nitrogen and oxygen atoms in total. The molecule has 1 aromatic carbocycles. The van der Waals surface area contributed by atoms with Crippen molar-refractivity contribution in [2.45, 2.75) is 31.4 Å². The van der Waals surface area contributed by atoms with Crippen molar-refractivity contribution in [3.63, 3.8) is 0 Å². The topological polar surface area (TPSA) is 110 Å². The zero-order valence-electron chi connectivity index (χ0n) is 11.7. The van der Waals surface area contributed by atoms with Crippen molar-refractivity contribution in [2.24, 2.45) is 0 Å². The molecule has 0 spiro atoms. The molecule has 0 radical (unpaired) electrons. The third-order valence-electron chi connectivity index (χ3n) is 3.16. The third-order valence-corrected chi connectivity index (χ3v) is 4.92. The Morgan fingerprint density at radius 3 is 2.38 bits per heavy atom. The molecule has 0 saturated carbocycles. The van der Waals surface area contributed by atoms with Crippen LogP contribution in [-0.2, 0) is 15.6 Å². The summed E-state index contributed by atoms with van der Waals surface area (Å²) in [6.45, 7) is 4.84. The lowest BCUT2D eigenvalue weighted by Gasteiger charge is -2.10. The number of carbonyl (C=O) groups is 1. The lowest BCUT2D eigenvalue weighted by molar-refractivity contribution is 0.0696. The number of sulfone groups is 1. The van der Waals surface area contributed by atoms with Gasteiger partial charge in [0.2, 0.25) is 0 Å². The number of carboxylic acids is 1. The van der Waals surface area contributed by atoms with E-state index in [1.807, 2.05) is 0 Å². The first-order chi connectivity index (χ1) is 9.72.